The number of pyridine rings is 1. The molecule has 2 aromatic heterocycles. The van der Waals surface area contributed by atoms with Gasteiger partial charge in [-0.05, 0) is 36.4 Å². The van der Waals surface area contributed by atoms with E-state index in [9.17, 15) is 4.79 Å². The molecule has 8 nitrogen and oxygen atoms in total. The molecule has 1 amide bonds. The molecule has 1 saturated heterocycles. The van der Waals surface area contributed by atoms with Crippen LogP contribution >= 0.6 is 11.6 Å². The number of benzene rings is 2. The van der Waals surface area contributed by atoms with Crippen LogP contribution in [-0.4, -0.2) is 57.0 Å². The summed E-state index contributed by atoms with van der Waals surface area (Å²) >= 11 is 6.12. The number of hydrogen-bond acceptors (Lipinski definition) is 6. The highest BCUT2D eigenvalue weighted by Crippen LogP contribution is 2.28. The van der Waals surface area contributed by atoms with E-state index in [1.54, 1.807) is 4.68 Å². The molecule has 1 fully saturated rings. The molecule has 0 bridgehead atoms. The van der Waals surface area contributed by atoms with Gasteiger partial charge in [-0.3, -0.25) is 14.7 Å². The van der Waals surface area contributed by atoms with Gasteiger partial charge in [0.25, 0.3) is 0 Å². The zero-order valence-corrected chi connectivity index (χ0v) is 18.8. The third kappa shape index (κ3) is 5.13. The van der Waals surface area contributed by atoms with Crippen LogP contribution in [0.4, 0.5) is 11.4 Å². The topological polar surface area (TPSA) is 79.2 Å². The van der Waals surface area contributed by atoms with E-state index in [0.29, 0.717) is 11.6 Å². The van der Waals surface area contributed by atoms with Gasteiger partial charge in [-0.1, -0.05) is 35.0 Å². The molecule has 0 unspecified atom stereocenters. The first-order valence-corrected chi connectivity index (χ1v) is 11.3. The van der Waals surface area contributed by atoms with Crippen LogP contribution < -0.4 is 10.2 Å². The van der Waals surface area contributed by atoms with Crippen LogP contribution in [0.5, 0.6) is 0 Å². The minimum atomic E-state index is -0.128. The number of nitrogens with one attached hydrogen (secondary N) is 1. The van der Waals surface area contributed by atoms with E-state index in [0.717, 1.165) is 48.5 Å². The smallest absolute Gasteiger partial charge is 0.246 e. The number of anilines is 2. The maximum absolute atomic E-state index is 12.2. The Morgan fingerprint density at radius 1 is 1.03 bits per heavy atom. The summed E-state index contributed by atoms with van der Waals surface area (Å²) in [5.41, 5.74) is 3.73. The number of hydrogen-bond donors (Lipinski definition) is 1. The third-order valence-electron chi connectivity index (χ3n) is 5.73. The molecule has 3 heterocycles. The Balaban J connectivity index is 1.15. The molecular weight excluding hydrogens is 438 g/mol. The second kappa shape index (κ2) is 9.56. The number of rotatable bonds is 6. The number of aromatic nitrogens is 4. The summed E-state index contributed by atoms with van der Waals surface area (Å²) in [5.74, 6) is -0.128. The summed E-state index contributed by atoms with van der Waals surface area (Å²) in [5, 5.41) is 13.0. The Bertz CT molecular complexity index is 1250. The molecule has 4 aromatic rings. The highest BCUT2D eigenvalue weighted by Gasteiger charge is 2.20. The maximum atomic E-state index is 12.2. The lowest BCUT2D eigenvalue weighted by molar-refractivity contribution is -0.116. The number of amides is 1. The van der Waals surface area contributed by atoms with Gasteiger partial charge < -0.3 is 10.2 Å². The monoisotopic (exact) mass is 461 g/mol. The molecule has 1 aliphatic heterocycles. The van der Waals surface area contributed by atoms with Gasteiger partial charge in [0, 0.05) is 60.7 Å². The predicted molar refractivity (Wildman–Crippen MR) is 129 cm³/mol. The molecule has 33 heavy (non-hydrogen) atoms. The Labute approximate surface area is 196 Å². The van der Waals surface area contributed by atoms with Crippen molar-refractivity contribution in [2.45, 2.75) is 13.1 Å². The molecule has 0 spiro atoms. The fourth-order valence-corrected chi connectivity index (χ4v) is 4.28. The third-order valence-corrected chi connectivity index (χ3v) is 5.96. The average Bonchev–Trinajstić information content (AvgIpc) is 3.26. The summed E-state index contributed by atoms with van der Waals surface area (Å²) < 4.78 is 1.58. The molecule has 0 aliphatic carbocycles. The van der Waals surface area contributed by atoms with Crippen LogP contribution in [0.2, 0.25) is 5.02 Å². The van der Waals surface area contributed by atoms with Crippen molar-refractivity contribution in [1.29, 1.82) is 0 Å². The van der Waals surface area contributed by atoms with Crippen molar-refractivity contribution in [3.05, 3.63) is 77.7 Å². The highest BCUT2D eigenvalue weighted by molar-refractivity contribution is 6.31. The lowest BCUT2D eigenvalue weighted by atomic mass is 10.1. The van der Waals surface area contributed by atoms with Gasteiger partial charge in [0.05, 0.1) is 17.4 Å². The van der Waals surface area contributed by atoms with Crippen molar-refractivity contribution in [3.8, 4) is 0 Å². The molecule has 0 atom stereocenters. The van der Waals surface area contributed by atoms with Gasteiger partial charge in [0.2, 0.25) is 5.91 Å². The van der Waals surface area contributed by atoms with E-state index in [1.165, 1.54) is 5.69 Å². The molecule has 168 valence electrons. The molecule has 5 rings (SSSR count). The van der Waals surface area contributed by atoms with Crippen molar-refractivity contribution in [2.24, 2.45) is 0 Å². The number of piperazine rings is 1. The first-order valence-electron chi connectivity index (χ1n) is 10.9. The van der Waals surface area contributed by atoms with Crippen LogP contribution in [0, 0.1) is 0 Å². The molecule has 0 radical (unpaired) electrons. The zero-order chi connectivity index (χ0) is 22.6. The van der Waals surface area contributed by atoms with Crippen molar-refractivity contribution >= 4 is 39.8 Å². The SMILES string of the molecule is O=C(Cn1cc(CN2CCN(c3ccnc4cc(Cl)ccc34)CC2)nn1)Nc1ccccc1. The van der Waals surface area contributed by atoms with E-state index in [4.69, 9.17) is 11.6 Å². The molecular formula is C24H24ClN7O. The Morgan fingerprint density at radius 2 is 1.85 bits per heavy atom. The summed E-state index contributed by atoms with van der Waals surface area (Å²) in [6.07, 6.45) is 3.68. The average molecular weight is 462 g/mol. The van der Waals surface area contributed by atoms with Gasteiger partial charge in [-0.15, -0.1) is 5.10 Å². The number of carbonyl (C=O) groups excluding carboxylic acids is 1. The van der Waals surface area contributed by atoms with E-state index in [1.807, 2.05) is 60.9 Å². The van der Waals surface area contributed by atoms with Crippen molar-refractivity contribution < 1.29 is 4.79 Å². The fraction of sp³-hybridized carbons (Fsp3) is 0.250. The maximum Gasteiger partial charge on any atom is 0.246 e. The van der Waals surface area contributed by atoms with Crippen LogP contribution in [0.25, 0.3) is 10.9 Å². The highest BCUT2D eigenvalue weighted by atomic mass is 35.5. The van der Waals surface area contributed by atoms with Gasteiger partial charge in [0.15, 0.2) is 0 Å². The van der Waals surface area contributed by atoms with Crippen LogP contribution in [0.15, 0.2) is 67.0 Å². The summed E-state index contributed by atoms with van der Waals surface area (Å²) in [7, 11) is 0. The van der Waals surface area contributed by atoms with Gasteiger partial charge in [-0.2, -0.15) is 0 Å². The molecule has 0 saturated carbocycles. The van der Waals surface area contributed by atoms with Crippen LogP contribution in [0.1, 0.15) is 5.69 Å². The van der Waals surface area contributed by atoms with Gasteiger partial charge >= 0.3 is 0 Å². The van der Waals surface area contributed by atoms with Crippen molar-refractivity contribution in [2.75, 3.05) is 36.4 Å². The van der Waals surface area contributed by atoms with E-state index >= 15 is 0 Å². The zero-order valence-electron chi connectivity index (χ0n) is 18.1. The van der Waals surface area contributed by atoms with Crippen molar-refractivity contribution in [3.63, 3.8) is 0 Å². The summed E-state index contributed by atoms with van der Waals surface area (Å²) in [6, 6.07) is 17.3. The lowest BCUT2D eigenvalue weighted by Gasteiger charge is -2.36. The number of halogens is 1. The van der Waals surface area contributed by atoms with Crippen molar-refractivity contribution in [1.82, 2.24) is 24.9 Å². The molecule has 9 heteroatoms. The molecule has 1 aliphatic rings. The van der Waals surface area contributed by atoms with Crippen LogP contribution in [0.3, 0.4) is 0 Å². The van der Waals surface area contributed by atoms with E-state index in [2.05, 4.69) is 36.5 Å². The first kappa shape index (κ1) is 21.4. The number of fused-ring (bicyclic) bond motifs is 1. The largest absolute Gasteiger partial charge is 0.368 e. The quantitative estimate of drug-likeness (QED) is 0.474. The summed E-state index contributed by atoms with van der Waals surface area (Å²) in [4.78, 5) is 21.4. The normalized spacial score (nSPS) is 14.5. The second-order valence-electron chi connectivity index (χ2n) is 8.08. The van der Waals surface area contributed by atoms with E-state index < -0.39 is 0 Å². The van der Waals surface area contributed by atoms with Gasteiger partial charge in [0.1, 0.15) is 6.54 Å². The summed E-state index contributed by atoms with van der Waals surface area (Å²) in [6.45, 7) is 4.50. The minimum absolute atomic E-state index is 0.128. The Hall–Kier alpha value is -3.49. The second-order valence-corrected chi connectivity index (χ2v) is 8.51. The van der Waals surface area contributed by atoms with E-state index in [-0.39, 0.29) is 12.5 Å². The Kier molecular flexibility index (Phi) is 6.19. The number of carbonyl (C=O) groups is 1. The fourth-order valence-electron chi connectivity index (χ4n) is 4.12. The molecule has 1 N–H and O–H groups in total. The van der Waals surface area contributed by atoms with Gasteiger partial charge in [-0.25, -0.2) is 4.68 Å². The predicted octanol–water partition coefficient (Wildman–Crippen LogP) is 3.44. The number of nitrogens with zero attached hydrogens (tertiary/aromatic N) is 6. The first-order chi connectivity index (χ1) is 16.1. The number of para-hydroxylation sites is 1. The minimum Gasteiger partial charge on any atom is -0.368 e. The lowest BCUT2D eigenvalue weighted by Crippen LogP contribution is -2.46. The standard InChI is InChI=1S/C24H24ClN7O/c25-18-6-7-21-22(14-18)26-9-8-23(21)31-12-10-30(11-13-31)15-20-16-32(29-28-20)17-24(33)27-19-4-2-1-3-5-19/h1-9,14,16H,10-13,15,17H2,(H,27,33). The molecule has 2 aromatic carbocycles. The van der Waals surface area contributed by atoms with Crippen LogP contribution in [-0.2, 0) is 17.9 Å². The Morgan fingerprint density at radius 3 is 2.67 bits per heavy atom.